The van der Waals surface area contributed by atoms with Gasteiger partial charge in [0.1, 0.15) is 16.7 Å². The van der Waals surface area contributed by atoms with E-state index in [9.17, 15) is 13.3 Å². The zero-order valence-corrected chi connectivity index (χ0v) is 16.6. The molecule has 0 bridgehead atoms. The first-order chi connectivity index (χ1) is 13.4. The van der Waals surface area contributed by atoms with Gasteiger partial charge in [0, 0.05) is 24.5 Å². The summed E-state index contributed by atoms with van der Waals surface area (Å²) in [5, 5.41) is 12.0. The van der Waals surface area contributed by atoms with E-state index in [0.717, 1.165) is 21.1 Å². The number of aryl methyl sites for hydroxylation is 1. The standard InChI is InChI=1S/C16H15N7O3S2/c1-9-13(27-16(18-9)10-4-3-6-17-8-10)14-19-12-11(22-24)5-7-23(28(2,25)26)15(12)21-20-14/h3-4,6,8,11H,5,7H2,1-2H3. The first kappa shape index (κ1) is 18.5. The lowest BCUT2D eigenvalue weighted by Gasteiger charge is -2.28. The number of thiazole rings is 1. The Balaban J connectivity index is 1.81. The van der Waals surface area contributed by atoms with Crippen molar-refractivity contribution in [2.24, 2.45) is 5.18 Å². The first-order valence-corrected chi connectivity index (χ1v) is 11.0. The average Bonchev–Trinajstić information content (AvgIpc) is 3.08. The summed E-state index contributed by atoms with van der Waals surface area (Å²) in [6.07, 6.45) is 4.71. The van der Waals surface area contributed by atoms with Gasteiger partial charge in [0.05, 0.1) is 16.8 Å². The van der Waals surface area contributed by atoms with Crippen LogP contribution in [-0.2, 0) is 10.0 Å². The Labute approximate surface area is 164 Å². The predicted molar refractivity (Wildman–Crippen MR) is 104 cm³/mol. The third-order valence-corrected chi connectivity index (χ3v) is 6.65. The van der Waals surface area contributed by atoms with Crippen molar-refractivity contribution in [1.29, 1.82) is 0 Å². The van der Waals surface area contributed by atoms with E-state index in [1.807, 2.05) is 19.1 Å². The highest BCUT2D eigenvalue weighted by molar-refractivity contribution is 7.92. The highest BCUT2D eigenvalue weighted by atomic mass is 32.2. The summed E-state index contributed by atoms with van der Waals surface area (Å²) in [6, 6.07) is 2.95. The maximum Gasteiger partial charge on any atom is 0.233 e. The van der Waals surface area contributed by atoms with Gasteiger partial charge in [-0.05, 0) is 25.5 Å². The fourth-order valence-electron chi connectivity index (χ4n) is 2.95. The summed E-state index contributed by atoms with van der Waals surface area (Å²) in [5.74, 6) is 0.338. The number of sulfonamides is 1. The van der Waals surface area contributed by atoms with Crippen molar-refractivity contribution in [1.82, 2.24) is 25.1 Å². The van der Waals surface area contributed by atoms with Crippen LogP contribution in [0.1, 0.15) is 23.9 Å². The molecule has 0 N–H and O–H groups in total. The number of fused-ring (bicyclic) bond motifs is 1. The minimum Gasteiger partial charge on any atom is -0.264 e. The lowest BCUT2D eigenvalue weighted by molar-refractivity contribution is 0.566. The summed E-state index contributed by atoms with van der Waals surface area (Å²) in [5.41, 5.74) is 1.79. The van der Waals surface area contributed by atoms with Crippen LogP contribution in [0.5, 0.6) is 0 Å². The van der Waals surface area contributed by atoms with Gasteiger partial charge in [-0.25, -0.2) is 18.4 Å². The van der Waals surface area contributed by atoms with Gasteiger partial charge in [0.15, 0.2) is 11.6 Å². The van der Waals surface area contributed by atoms with Crippen molar-refractivity contribution in [3.63, 3.8) is 0 Å². The van der Waals surface area contributed by atoms with E-state index in [0.29, 0.717) is 10.6 Å². The van der Waals surface area contributed by atoms with E-state index in [1.165, 1.54) is 11.3 Å². The topological polar surface area (TPSA) is 131 Å². The summed E-state index contributed by atoms with van der Waals surface area (Å²) in [4.78, 5) is 25.0. The number of anilines is 1. The van der Waals surface area contributed by atoms with Crippen molar-refractivity contribution in [2.45, 2.75) is 19.4 Å². The number of rotatable bonds is 4. The maximum atomic E-state index is 12.0. The molecular formula is C16H15N7O3S2. The highest BCUT2D eigenvalue weighted by Gasteiger charge is 2.34. The molecule has 12 heteroatoms. The van der Waals surface area contributed by atoms with Crippen molar-refractivity contribution in [3.05, 3.63) is 40.8 Å². The second-order valence-corrected chi connectivity index (χ2v) is 9.17. The average molecular weight is 417 g/mol. The normalized spacial score (nSPS) is 16.6. The molecule has 28 heavy (non-hydrogen) atoms. The van der Waals surface area contributed by atoms with Crippen LogP contribution in [-0.4, -0.2) is 46.4 Å². The molecule has 0 amide bonds. The molecule has 1 atom stereocenters. The fourth-order valence-corrected chi connectivity index (χ4v) is 4.82. The van der Waals surface area contributed by atoms with Crippen LogP contribution in [0.25, 0.3) is 21.3 Å². The van der Waals surface area contributed by atoms with Crippen LogP contribution in [0.3, 0.4) is 0 Å². The summed E-state index contributed by atoms with van der Waals surface area (Å²) < 4.78 is 25.1. The van der Waals surface area contributed by atoms with Gasteiger partial charge in [-0.1, -0.05) is 5.18 Å². The Morgan fingerprint density at radius 1 is 1.29 bits per heavy atom. The number of nitroso groups, excluding NO2 is 1. The fraction of sp³-hybridized carbons (Fsp3) is 0.312. The number of hydrogen-bond donors (Lipinski definition) is 0. The minimum absolute atomic E-state index is 0.0525. The third-order valence-electron chi connectivity index (χ3n) is 4.29. The zero-order chi connectivity index (χ0) is 19.9. The molecule has 0 aliphatic carbocycles. The molecule has 3 aromatic heterocycles. The molecule has 0 spiro atoms. The maximum absolute atomic E-state index is 12.0. The molecule has 10 nitrogen and oxygen atoms in total. The summed E-state index contributed by atoms with van der Waals surface area (Å²) in [7, 11) is -3.56. The molecular weight excluding hydrogens is 402 g/mol. The lowest BCUT2D eigenvalue weighted by Crippen LogP contribution is -2.37. The van der Waals surface area contributed by atoms with Crippen molar-refractivity contribution in [2.75, 3.05) is 17.1 Å². The Hall–Kier alpha value is -2.86. The Morgan fingerprint density at radius 3 is 2.79 bits per heavy atom. The van der Waals surface area contributed by atoms with Crippen molar-refractivity contribution in [3.8, 4) is 21.3 Å². The van der Waals surface area contributed by atoms with Gasteiger partial charge in [0.2, 0.25) is 10.0 Å². The van der Waals surface area contributed by atoms with E-state index in [-0.39, 0.29) is 30.3 Å². The lowest BCUT2D eigenvalue weighted by atomic mass is 10.1. The van der Waals surface area contributed by atoms with Gasteiger partial charge in [0.25, 0.3) is 0 Å². The molecule has 0 saturated carbocycles. The molecule has 1 aliphatic rings. The van der Waals surface area contributed by atoms with Crippen molar-refractivity contribution < 1.29 is 8.42 Å². The second-order valence-electron chi connectivity index (χ2n) is 6.26. The van der Waals surface area contributed by atoms with E-state index in [1.54, 1.807) is 12.4 Å². The first-order valence-electron chi connectivity index (χ1n) is 8.31. The van der Waals surface area contributed by atoms with Crippen LogP contribution in [0, 0.1) is 11.8 Å². The molecule has 0 radical (unpaired) electrons. The van der Waals surface area contributed by atoms with Crippen LogP contribution in [0.4, 0.5) is 5.82 Å². The SMILES string of the molecule is Cc1nc(-c2cccnc2)sc1-c1nnc2c(n1)C(N=O)CCN2S(C)(=O)=O. The van der Waals surface area contributed by atoms with E-state index >= 15 is 0 Å². The Kier molecular flexibility index (Phi) is 4.59. The van der Waals surface area contributed by atoms with E-state index < -0.39 is 16.1 Å². The Morgan fingerprint density at radius 2 is 2.11 bits per heavy atom. The minimum atomic E-state index is -3.56. The molecule has 1 aliphatic heterocycles. The van der Waals surface area contributed by atoms with Crippen LogP contribution in [0.15, 0.2) is 29.7 Å². The molecule has 144 valence electrons. The monoisotopic (exact) mass is 417 g/mol. The second kappa shape index (κ2) is 6.95. The molecule has 1 unspecified atom stereocenters. The summed E-state index contributed by atoms with van der Waals surface area (Å²) >= 11 is 1.37. The predicted octanol–water partition coefficient (Wildman–Crippen LogP) is 2.34. The highest BCUT2D eigenvalue weighted by Crippen LogP contribution is 2.37. The molecule has 0 fully saturated rings. The molecule has 4 rings (SSSR count). The van der Waals surface area contributed by atoms with Gasteiger partial charge in [-0.15, -0.1) is 21.5 Å². The number of nitrogens with zero attached hydrogens (tertiary/aromatic N) is 7. The summed E-state index contributed by atoms with van der Waals surface area (Å²) in [6.45, 7) is 1.94. The zero-order valence-electron chi connectivity index (χ0n) is 15.0. The van der Waals surface area contributed by atoms with Crippen LogP contribution < -0.4 is 4.31 Å². The quantitative estimate of drug-likeness (QED) is 0.591. The smallest absolute Gasteiger partial charge is 0.233 e. The van der Waals surface area contributed by atoms with Crippen LogP contribution in [0.2, 0.25) is 0 Å². The molecule has 4 heterocycles. The third kappa shape index (κ3) is 3.24. The number of hydrogen-bond acceptors (Lipinski definition) is 10. The Bertz CT molecular complexity index is 1150. The molecule has 3 aromatic rings. The van der Waals surface area contributed by atoms with Gasteiger partial charge in [-0.3, -0.25) is 9.29 Å². The van der Waals surface area contributed by atoms with Crippen LogP contribution >= 0.6 is 11.3 Å². The van der Waals surface area contributed by atoms with Gasteiger partial charge < -0.3 is 0 Å². The largest absolute Gasteiger partial charge is 0.264 e. The number of pyridine rings is 1. The number of aromatic nitrogens is 5. The van der Waals surface area contributed by atoms with Crippen molar-refractivity contribution >= 4 is 27.2 Å². The molecule has 0 aromatic carbocycles. The van der Waals surface area contributed by atoms with E-state index in [4.69, 9.17) is 0 Å². The molecule has 0 saturated heterocycles. The van der Waals surface area contributed by atoms with Gasteiger partial charge >= 0.3 is 0 Å². The van der Waals surface area contributed by atoms with E-state index in [2.05, 4.69) is 30.3 Å². The van der Waals surface area contributed by atoms with Gasteiger partial charge in [-0.2, -0.15) is 4.91 Å².